The zero-order valence-electron chi connectivity index (χ0n) is 18.7. The average molecular weight is 444 g/mol. The van der Waals surface area contributed by atoms with Crippen LogP contribution in [0.1, 0.15) is 102 Å². The van der Waals surface area contributed by atoms with Crippen LogP contribution in [0.3, 0.4) is 0 Å². The molecule has 0 aromatic heterocycles. The van der Waals surface area contributed by atoms with Gasteiger partial charge in [-0.15, -0.1) is 0 Å². The average Bonchev–Trinajstić information content (AvgIpc) is 2.73. The van der Waals surface area contributed by atoms with Gasteiger partial charge in [-0.05, 0) is 30.5 Å². The van der Waals surface area contributed by atoms with Gasteiger partial charge in [0.25, 0.3) is 0 Å². The first kappa shape index (κ1) is 30.1. The molecule has 0 heterocycles. The van der Waals surface area contributed by atoms with Gasteiger partial charge in [-0.25, -0.2) is 4.79 Å². The number of rotatable bonds is 17. The van der Waals surface area contributed by atoms with Gasteiger partial charge >= 0.3 is 41.5 Å². The second-order valence-corrected chi connectivity index (χ2v) is 8.26. The van der Waals surface area contributed by atoms with E-state index in [1.807, 2.05) is 0 Å². The van der Waals surface area contributed by atoms with Crippen molar-refractivity contribution in [1.29, 1.82) is 0 Å². The van der Waals surface area contributed by atoms with Crippen LogP contribution in [-0.2, 0) is 20.7 Å². The van der Waals surface area contributed by atoms with Crippen molar-refractivity contribution in [2.24, 2.45) is 5.73 Å². The van der Waals surface area contributed by atoms with Crippen molar-refractivity contribution in [3.63, 3.8) is 0 Å². The van der Waals surface area contributed by atoms with Crippen molar-refractivity contribution in [1.82, 2.24) is 0 Å². The van der Waals surface area contributed by atoms with E-state index in [0.29, 0.717) is 0 Å². The Hall–Kier alpha value is -0.880. The van der Waals surface area contributed by atoms with Gasteiger partial charge in [-0.3, -0.25) is 4.79 Å². The molecule has 5 nitrogen and oxygen atoms in total. The molecule has 0 saturated heterocycles. The van der Waals surface area contributed by atoms with Crippen molar-refractivity contribution < 1.29 is 19.4 Å². The molecule has 1 unspecified atom stereocenters. The predicted molar refractivity (Wildman–Crippen MR) is 128 cm³/mol. The van der Waals surface area contributed by atoms with Crippen molar-refractivity contribution >= 4 is 41.5 Å². The topological polar surface area (TPSA) is 89.6 Å². The molecule has 6 heteroatoms. The Kier molecular flexibility index (Phi) is 19.2. The molecular weight excluding hydrogens is 401 g/mol. The van der Waals surface area contributed by atoms with E-state index in [2.05, 4.69) is 6.92 Å². The number of unbranched alkanes of at least 4 members (excludes halogenated alkanes) is 12. The summed E-state index contributed by atoms with van der Waals surface area (Å²) in [5.74, 6) is -1.03. The van der Waals surface area contributed by atoms with Crippen LogP contribution in [-0.4, -0.2) is 52.6 Å². The minimum absolute atomic E-state index is 0. The van der Waals surface area contributed by atoms with E-state index in [4.69, 9.17) is 10.5 Å². The standard InChI is InChI=1S/C25H41NO4.Na.H/c1-2-3-4-5-6-7-8-9-10-11-12-13-14-15-24(28)30-25(29)23(26)20-21-16-18-22(27)19-17-21;;/h16-19,23,27H,2-15,20,26H2,1H3;;. The van der Waals surface area contributed by atoms with E-state index in [-0.39, 0.29) is 48.1 Å². The first-order valence-electron chi connectivity index (χ1n) is 11.8. The molecule has 0 amide bonds. The van der Waals surface area contributed by atoms with Crippen molar-refractivity contribution in [3.8, 4) is 5.75 Å². The Morgan fingerprint density at radius 3 is 1.77 bits per heavy atom. The fourth-order valence-corrected chi connectivity index (χ4v) is 3.50. The summed E-state index contributed by atoms with van der Waals surface area (Å²) in [4.78, 5) is 23.8. The van der Waals surface area contributed by atoms with Crippen LogP contribution >= 0.6 is 0 Å². The van der Waals surface area contributed by atoms with Crippen molar-refractivity contribution in [2.45, 2.75) is 109 Å². The van der Waals surface area contributed by atoms with Crippen LogP contribution in [0, 0.1) is 0 Å². The Morgan fingerprint density at radius 1 is 0.839 bits per heavy atom. The summed E-state index contributed by atoms with van der Waals surface area (Å²) in [6.45, 7) is 2.25. The molecule has 0 aliphatic heterocycles. The third kappa shape index (κ3) is 16.4. The van der Waals surface area contributed by atoms with Gasteiger partial charge in [-0.1, -0.05) is 96.1 Å². The molecule has 172 valence electrons. The van der Waals surface area contributed by atoms with E-state index in [9.17, 15) is 14.7 Å². The first-order chi connectivity index (χ1) is 14.5. The molecule has 31 heavy (non-hydrogen) atoms. The molecule has 3 N–H and O–H groups in total. The van der Waals surface area contributed by atoms with Gasteiger partial charge in [0.1, 0.15) is 11.8 Å². The van der Waals surface area contributed by atoms with Gasteiger partial charge in [0.2, 0.25) is 0 Å². The van der Waals surface area contributed by atoms with Crippen LogP contribution in [0.25, 0.3) is 0 Å². The zero-order chi connectivity index (χ0) is 22.0. The summed E-state index contributed by atoms with van der Waals surface area (Å²) in [5, 5.41) is 9.27. The quantitative estimate of drug-likeness (QED) is 0.150. The van der Waals surface area contributed by atoms with Crippen LogP contribution < -0.4 is 5.73 Å². The number of phenolic OH excluding ortho intramolecular Hbond substituents is 1. The van der Waals surface area contributed by atoms with Crippen molar-refractivity contribution in [3.05, 3.63) is 29.8 Å². The molecule has 1 atom stereocenters. The summed E-state index contributed by atoms with van der Waals surface area (Å²) in [6, 6.07) is 5.57. The fraction of sp³-hybridized carbons (Fsp3) is 0.680. The second-order valence-electron chi connectivity index (χ2n) is 8.26. The first-order valence-corrected chi connectivity index (χ1v) is 11.8. The predicted octanol–water partition coefficient (Wildman–Crippen LogP) is 5.16. The summed E-state index contributed by atoms with van der Waals surface area (Å²) in [6.07, 6.45) is 16.7. The Morgan fingerprint density at radius 2 is 1.29 bits per heavy atom. The van der Waals surface area contributed by atoms with E-state index in [1.165, 1.54) is 76.3 Å². The Labute approximate surface area is 210 Å². The number of ether oxygens (including phenoxy) is 1. The Bertz CT molecular complexity index is 592. The number of phenols is 1. The molecule has 0 radical (unpaired) electrons. The van der Waals surface area contributed by atoms with Crippen LogP contribution in [0.15, 0.2) is 24.3 Å². The maximum atomic E-state index is 11.9. The van der Waals surface area contributed by atoms with Crippen LogP contribution in [0.2, 0.25) is 0 Å². The van der Waals surface area contributed by atoms with Crippen molar-refractivity contribution in [2.75, 3.05) is 0 Å². The number of carbonyl (C=O) groups is 2. The van der Waals surface area contributed by atoms with Crippen LogP contribution in [0.5, 0.6) is 5.75 Å². The van der Waals surface area contributed by atoms with E-state index in [1.54, 1.807) is 12.1 Å². The molecule has 1 aromatic rings. The summed E-state index contributed by atoms with van der Waals surface area (Å²) in [7, 11) is 0. The maximum absolute atomic E-state index is 11.9. The zero-order valence-corrected chi connectivity index (χ0v) is 18.7. The van der Waals surface area contributed by atoms with Crippen LogP contribution in [0.4, 0.5) is 0 Å². The fourth-order valence-electron chi connectivity index (χ4n) is 3.50. The molecule has 0 aliphatic carbocycles. The number of carbonyl (C=O) groups excluding carboxylic acids is 2. The normalized spacial score (nSPS) is 11.5. The Balaban J connectivity index is 0.00000900. The number of hydrogen-bond acceptors (Lipinski definition) is 5. The number of nitrogens with two attached hydrogens (primary N) is 1. The SMILES string of the molecule is CCCCCCCCCCCCCCCC(=O)OC(=O)C(N)Cc1ccc(O)cc1.[NaH]. The van der Waals surface area contributed by atoms with Gasteiger partial charge in [0, 0.05) is 6.42 Å². The number of benzene rings is 1. The third-order valence-electron chi connectivity index (χ3n) is 5.39. The van der Waals surface area contributed by atoms with Gasteiger partial charge < -0.3 is 15.6 Å². The number of aromatic hydroxyl groups is 1. The third-order valence-corrected chi connectivity index (χ3v) is 5.39. The molecule has 0 fully saturated rings. The number of hydrogen-bond donors (Lipinski definition) is 2. The van der Waals surface area contributed by atoms with E-state index >= 15 is 0 Å². The molecular formula is C25H42NNaO4. The van der Waals surface area contributed by atoms with E-state index < -0.39 is 18.0 Å². The second kappa shape index (κ2) is 19.8. The molecule has 0 spiro atoms. The molecule has 1 aromatic carbocycles. The summed E-state index contributed by atoms with van der Waals surface area (Å²) >= 11 is 0. The van der Waals surface area contributed by atoms with E-state index in [0.717, 1.165) is 24.8 Å². The molecule has 0 saturated carbocycles. The number of esters is 2. The summed E-state index contributed by atoms with van der Waals surface area (Å²) in [5.41, 5.74) is 6.63. The van der Waals surface area contributed by atoms with Gasteiger partial charge in [0.05, 0.1) is 0 Å². The molecule has 1 rings (SSSR count). The minimum atomic E-state index is -0.884. The molecule has 0 aliphatic rings. The molecule has 0 bridgehead atoms. The monoisotopic (exact) mass is 443 g/mol. The van der Waals surface area contributed by atoms with Gasteiger partial charge in [-0.2, -0.15) is 0 Å². The van der Waals surface area contributed by atoms with Gasteiger partial charge in [0.15, 0.2) is 0 Å². The summed E-state index contributed by atoms with van der Waals surface area (Å²) < 4.78 is 4.86.